The molecule has 0 saturated carbocycles. The molecule has 46 heavy (non-hydrogen) atoms. The van der Waals surface area contributed by atoms with Crippen LogP contribution in [0.3, 0.4) is 0 Å². The molecular weight excluding hydrogens is 558 g/mol. The second kappa shape index (κ2) is 9.69. The first-order valence-electron chi connectivity index (χ1n) is 15.8. The molecule has 0 fully saturated rings. The summed E-state index contributed by atoms with van der Waals surface area (Å²) in [5, 5.41) is 9.83. The summed E-state index contributed by atoms with van der Waals surface area (Å²) in [5.74, 6) is 0. The summed E-state index contributed by atoms with van der Waals surface area (Å²) in [5.41, 5.74) is 10.1. The van der Waals surface area contributed by atoms with Crippen LogP contribution in [-0.2, 0) is 0 Å². The van der Waals surface area contributed by atoms with Crippen molar-refractivity contribution in [2.24, 2.45) is 0 Å². The predicted octanol–water partition coefficient (Wildman–Crippen LogP) is 12.3. The molecule has 0 unspecified atom stereocenters. The lowest BCUT2D eigenvalue weighted by Crippen LogP contribution is -1.94. The van der Waals surface area contributed by atoms with Crippen LogP contribution in [0, 0.1) is 0 Å². The van der Waals surface area contributed by atoms with E-state index in [1.807, 2.05) is 12.1 Å². The summed E-state index contributed by atoms with van der Waals surface area (Å²) in [7, 11) is 0. The molecule has 0 bridgehead atoms. The van der Waals surface area contributed by atoms with Gasteiger partial charge in [-0.1, -0.05) is 121 Å². The third kappa shape index (κ3) is 3.65. The van der Waals surface area contributed by atoms with Crippen LogP contribution in [0.15, 0.2) is 168 Å². The lowest BCUT2D eigenvalue weighted by molar-refractivity contribution is 0.670. The number of fused-ring (bicyclic) bond motifs is 8. The average Bonchev–Trinajstić information content (AvgIpc) is 3.66. The Morgan fingerprint density at radius 2 is 1.00 bits per heavy atom. The van der Waals surface area contributed by atoms with E-state index in [0.29, 0.717) is 0 Å². The largest absolute Gasteiger partial charge is 0.455 e. The van der Waals surface area contributed by atoms with Gasteiger partial charge in [0.1, 0.15) is 11.2 Å². The standard InChI is InChI=1S/C44H27NO/c1-3-12-33-29(10-1)26-30-11-2-4-13-34(30)43(33)28-20-23-32(24-21-28)45-40-18-7-5-14-36(40)39-27-31(22-25-41(39)45)35-16-9-17-38-37-15-6-8-19-42(37)46-44(35)38/h1-27H. The van der Waals surface area contributed by atoms with E-state index in [1.165, 1.54) is 54.5 Å². The Morgan fingerprint density at radius 1 is 0.391 bits per heavy atom. The molecule has 2 heteroatoms. The van der Waals surface area contributed by atoms with E-state index >= 15 is 0 Å². The highest BCUT2D eigenvalue weighted by atomic mass is 16.3. The average molecular weight is 586 g/mol. The molecule has 2 nitrogen and oxygen atoms in total. The van der Waals surface area contributed by atoms with Crippen molar-refractivity contribution in [2.75, 3.05) is 0 Å². The lowest BCUT2D eigenvalue weighted by Gasteiger charge is -2.14. The predicted molar refractivity (Wildman–Crippen MR) is 194 cm³/mol. The molecule has 0 radical (unpaired) electrons. The van der Waals surface area contributed by atoms with Crippen LogP contribution < -0.4 is 0 Å². The van der Waals surface area contributed by atoms with Crippen molar-refractivity contribution >= 4 is 65.3 Å². The van der Waals surface area contributed by atoms with Gasteiger partial charge >= 0.3 is 0 Å². The van der Waals surface area contributed by atoms with Gasteiger partial charge in [0.25, 0.3) is 0 Å². The minimum Gasteiger partial charge on any atom is -0.455 e. The number of hydrogen-bond acceptors (Lipinski definition) is 1. The van der Waals surface area contributed by atoms with Crippen LogP contribution in [0.2, 0.25) is 0 Å². The zero-order valence-electron chi connectivity index (χ0n) is 24.9. The minimum atomic E-state index is 0.919. The zero-order chi connectivity index (χ0) is 30.2. The molecule has 214 valence electrons. The van der Waals surface area contributed by atoms with Gasteiger partial charge in [0.2, 0.25) is 0 Å². The van der Waals surface area contributed by atoms with Crippen LogP contribution in [-0.4, -0.2) is 4.57 Å². The normalized spacial score (nSPS) is 11.9. The maximum Gasteiger partial charge on any atom is 0.143 e. The molecule has 2 heterocycles. The molecule has 0 aliphatic rings. The van der Waals surface area contributed by atoms with Crippen LogP contribution >= 0.6 is 0 Å². The van der Waals surface area contributed by atoms with E-state index in [4.69, 9.17) is 4.42 Å². The fraction of sp³-hybridized carbons (Fsp3) is 0. The van der Waals surface area contributed by atoms with E-state index in [-0.39, 0.29) is 0 Å². The van der Waals surface area contributed by atoms with Crippen LogP contribution in [0.1, 0.15) is 0 Å². The molecule has 0 atom stereocenters. The number of furan rings is 1. The van der Waals surface area contributed by atoms with Crippen LogP contribution in [0.4, 0.5) is 0 Å². The van der Waals surface area contributed by atoms with Gasteiger partial charge in [-0.3, -0.25) is 0 Å². The molecule has 2 aromatic heterocycles. The van der Waals surface area contributed by atoms with E-state index in [0.717, 1.165) is 38.8 Å². The van der Waals surface area contributed by atoms with Crippen LogP contribution in [0.5, 0.6) is 0 Å². The molecule has 0 amide bonds. The quantitative estimate of drug-likeness (QED) is 0.189. The molecule has 10 rings (SSSR count). The van der Waals surface area contributed by atoms with Gasteiger partial charge in [-0.2, -0.15) is 0 Å². The summed E-state index contributed by atoms with van der Waals surface area (Å²) in [6.07, 6.45) is 0. The SMILES string of the molecule is c1ccc2c(-c3ccc(-n4c5ccccc5c5cc(-c6cccc7c6oc6ccccc67)ccc54)cc3)c3ccccc3cc2c1. The Kier molecular flexibility index (Phi) is 5.31. The van der Waals surface area contributed by atoms with Crippen molar-refractivity contribution in [3.63, 3.8) is 0 Å². The number of para-hydroxylation sites is 3. The maximum atomic E-state index is 6.41. The first-order chi connectivity index (χ1) is 22.8. The van der Waals surface area contributed by atoms with Crippen LogP contribution in [0.25, 0.3) is 93.2 Å². The Balaban J connectivity index is 1.15. The molecule has 10 aromatic rings. The smallest absolute Gasteiger partial charge is 0.143 e. The maximum absolute atomic E-state index is 6.41. The molecule has 8 aromatic carbocycles. The summed E-state index contributed by atoms with van der Waals surface area (Å²) < 4.78 is 8.80. The third-order valence-corrected chi connectivity index (χ3v) is 9.57. The summed E-state index contributed by atoms with van der Waals surface area (Å²) in [4.78, 5) is 0. The van der Waals surface area contributed by atoms with Crippen molar-refractivity contribution in [3.05, 3.63) is 164 Å². The second-order valence-corrected chi connectivity index (χ2v) is 12.1. The van der Waals surface area contributed by atoms with E-state index < -0.39 is 0 Å². The van der Waals surface area contributed by atoms with E-state index in [9.17, 15) is 0 Å². The van der Waals surface area contributed by atoms with Gasteiger partial charge in [0.05, 0.1) is 11.0 Å². The second-order valence-electron chi connectivity index (χ2n) is 12.1. The van der Waals surface area contributed by atoms with Gasteiger partial charge in [0, 0.05) is 32.8 Å². The summed E-state index contributed by atoms with van der Waals surface area (Å²) >= 11 is 0. The van der Waals surface area contributed by atoms with Gasteiger partial charge in [0.15, 0.2) is 0 Å². The topological polar surface area (TPSA) is 18.1 Å². The Bertz CT molecular complexity index is 2740. The first kappa shape index (κ1) is 25.2. The fourth-order valence-corrected chi connectivity index (χ4v) is 7.49. The number of rotatable bonds is 3. The van der Waals surface area contributed by atoms with E-state index in [1.54, 1.807) is 0 Å². The Morgan fingerprint density at radius 3 is 1.78 bits per heavy atom. The zero-order valence-corrected chi connectivity index (χ0v) is 24.9. The Hall–Kier alpha value is -6.12. The van der Waals surface area contributed by atoms with Crippen molar-refractivity contribution in [2.45, 2.75) is 0 Å². The third-order valence-electron chi connectivity index (χ3n) is 9.57. The molecule has 0 N–H and O–H groups in total. The molecule has 0 saturated heterocycles. The van der Waals surface area contributed by atoms with Gasteiger partial charge in [-0.05, 0) is 80.7 Å². The summed E-state index contributed by atoms with van der Waals surface area (Å²) in [6, 6.07) is 59.1. The molecular formula is C44H27NO. The highest BCUT2D eigenvalue weighted by Gasteiger charge is 2.17. The first-order valence-corrected chi connectivity index (χ1v) is 15.8. The summed E-state index contributed by atoms with van der Waals surface area (Å²) in [6.45, 7) is 0. The lowest BCUT2D eigenvalue weighted by atomic mass is 9.92. The van der Waals surface area contributed by atoms with Crippen molar-refractivity contribution in [1.82, 2.24) is 4.57 Å². The van der Waals surface area contributed by atoms with Gasteiger partial charge in [-0.25, -0.2) is 0 Å². The molecule has 0 spiro atoms. The van der Waals surface area contributed by atoms with Crippen molar-refractivity contribution < 1.29 is 4.42 Å². The van der Waals surface area contributed by atoms with E-state index in [2.05, 4.69) is 156 Å². The molecule has 0 aliphatic carbocycles. The monoisotopic (exact) mass is 585 g/mol. The minimum absolute atomic E-state index is 0.919. The highest BCUT2D eigenvalue weighted by Crippen LogP contribution is 2.40. The van der Waals surface area contributed by atoms with Crippen molar-refractivity contribution in [1.29, 1.82) is 0 Å². The highest BCUT2D eigenvalue weighted by molar-refractivity contribution is 6.14. The number of nitrogens with zero attached hydrogens (tertiary/aromatic N) is 1. The van der Waals surface area contributed by atoms with Gasteiger partial charge < -0.3 is 8.98 Å². The fourth-order valence-electron chi connectivity index (χ4n) is 7.49. The van der Waals surface area contributed by atoms with Gasteiger partial charge in [-0.15, -0.1) is 0 Å². The molecule has 0 aliphatic heterocycles. The number of aromatic nitrogens is 1. The van der Waals surface area contributed by atoms with Crippen molar-refractivity contribution in [3.8, 4) is 27.9 Å². The number of hydrogen-bond donors (Lipinski definition) is 0. The number of benzene rings is 8. The Labute approximate surface area is 265 Å².